The molecule has 1 amide bonds. The van der Waals surface area contributed by atoms with E-state index in [1.165, 1.54) is 6.26 Å². The van der Waals surface area contributed by atoms with Gasteiger partial charge in [-0.3, -0.25) is 14.5 Å². The number of carbonyl (C=O) groups is 2. The topological polar surface area (TPSA) is 119 Å². The maximum absolute atomic E-state index is 11.9. The number of carbonyl (C=O) groups excluding carboxylic acids is 1. The first kappa shape index (κ1) is 20.1. The average Bonchev–Trinajstić information content (AvgIpc) is 3.22. The number of hydrogen-bond acceptors (Lipinski definition) is 6. The third-order valence-electron chi connectivity index (χ3n) is 4.29. The Bertz CT molecular complexity index is 770. The lowest BCUT2D eigenvalue weighted by atomic mass is 9.97. The van der Waals surface area contributed by atoms with Crippen LogP contribution in [0.4, 0.5) is 0 Å². The summed E-state index contributed by atoms with van der Waals surface area (Å²) in [7, 11) is 0. The van der Waals surface area contributed by atoms with Gasteiger partial charge in [0.05, 0.1) is 11.6 Å². The lowest BCUT2D eigenvalue weighted by Crippen LogP contribution is -2.40. The number of nitriles is 1. The van der Waals surface area contributed by atoms with E-state index in [1.807, 2.05) is 18.2 Å². The van der Waals surface area contributed by atoms with E-state index in [9.17, 15) is 4.79 Å². The van der Waals surface area contributed by atoms with Crippen molar-refractivity contribution >= 4 is 12.4 Å². The van der Waals surface area contributed by atoms with Crippen molar-refractivity contribution in [3.63, 3.8) is 0 Å². The van der Waals surface area contributed by atoms with Crippen LogP contribution in [0.5, 0.6) is 0 Å². The zero-order valence-corrected chi connectivity index (χ0v) is 14.9. The number of likely N-dealkylation sites (tertiary alicyclic amines) is 1. The van der Waals surface area contributed by atoms with E-state index >= 15 is 0 Å². The van der Waals surface area contributed by atoms with Crippen molar-refractivity contribution in [1.82, 2.24) is 15.4 Å². The number of aromatic nitrogens is 1. The number of benzene rings is 1. The van der Waals surface area contributed by atoms with Gasteiger partial charge in [-0.25, -0.2) is 0 Å². The maximum atomic E-state index is 11.9. The van der Waals surface area contributed by atoms with Crippen LogP contribution in [0.15, 0.2) is 41.1 Å². The highest BCUT2D eigenvalue weighted by molar-refractivity contribution is 5.91. The number of nitrogens with zero attached hydrogens (tertiary/aromatic N) is 3. The van der Waals surface area contributed by atoms with Gasteiger partial charge in [0.15, 0.2) is 5.69 Å². The first-order valence-electron chi connectivity index (χ1n) is 8.64. The number of amides is 1. The summed E-state index contributed by atoms with van der Waals surface area (Å²) < 4.78 is 4.69. The van der Waals surface area contributed by atoms with Crippen LogP contribution in [0.1, 0.15) is 34.5 Å². The summed E-state index contributed by atoms with van der Waals surface area (Å²) in [5.74, 6) is 0.233. The summed E-state index contributed by atoms with van der Waals surface area (Å²) in [6.07, 6.45) is 3.61. The molecule has 1 aromatic heterocycles. The smallest absolute Gasteiger partial charge is 0.290 e. The molecule has 1 fully saturated rings. The summed E-state index contributed by atoms with van der Waals surface area (Å²) in [5.41, 5.74) is 2.17. The zero-order chi connectivity index (χ0) is 19.5. The Kier molecular flexibility index (Phi) is 8.00. The van der Waals surface area contributed by atoms with Crippen LogP contribution >= 0.6 is 0 Å². The van der Waals surface area contributed by atoms with Crippen molar-refractivity contribution in [2.24, 2.45) is 5.92 Å². The van der Waals surface area contributed by atoms with Gasteiger partial charge in [0.1, 0.15) is 6.26 Å². The van der Waals surface area contributed by atoms with Gasteiger partial charge in [0.2, 0.25) is 0 Å². The van der Waals surface area contributed by atoms with Crippen LogP contribution in [0.2, 0.25) is 0 Å². The molecule has 0 aliphatic carbocycles. The normalized spacial score (nSPS) is 16.5. The van der Waals surface area contributed by atoms with E-state index in [2.05, 4.69) is 32.0 Å². The van der Waals surface area contributed by atoms with Crippen molar-refractivity contribution in [3.8, 4) is 6.07 Å². The van der Waals surface area contributed by atoms with Crippen LogP contribution in [-0.4, -0.2) is 47.2 Å². The largest absolute Gasteiger partial charge is 0.483 e. The highest BCUT2D eigenvalue weighted by Gasteiger charge is 2.21. The summed E-state index contributed by atoms with van der Waals surface area (Å²) in [5, 5.41) is 22.5. The van der Waals surface area contributed by atoms with Crippen molar-refractivity contribution in [1.29, 1.82) is 5.26 Å². The molecule has 3 rings (SSSR count). The Balaban J connectivity index is 0.000000817. The Morgan fingerprint density at radius 2 is 2.30 bits per heavy atom. The molecule has 0 radical (unpaired) electrons. The van der Waals surface area contributed by atoms with Crippen LogP contribution in [0, 0.1) is 17.2 Å². The molecule has 2 heterocycles. The molecule has 0 spiro atoms. The quantitative estimate of drug-likeness (QED) is 0.771. The molecular weight excluding hydrogens is 348 g/mol. The molecule has 1 atom stereocenters. The fourth-order valence-electron chi connectivity index (χ4n) is 3.12. The summed E-state index contributed by atoms with van der Waals surface area (Å²) in [4.78, 5) is 22.7. The Labute approximate surface area is 157 Å². The standard InChI is InChI=1S/C18H20N4O2.CH2O2/c19-10-14-3-1-4-15(9-14)12-22-7-2-5-16(13-22)11-20-18(23)17-6-8-24-21-17;2-1-3/h1,3-4,6,8-9,16H,2,5,7,11-13H2,(H,20,23);1H,(H,2,3). The molecule has 2 aromatic rings. The minimum Gasteiger partial charge on any atom is -0.483 e. The Morgan fingerprint density at radius 3 is 3.00 bits per heavy atom. The molecule has 1 saturated heterocycles. The zero-order valence-electron chi connectivity index (χ0n) is 14.9. The Morgan fingerprint density at radius 1 is 1.48 bits per heavy atom. The van der Waals surface area contributed by atoms with Gasteiger partial charge in [0, 0.05) is 25.7 Å². The third kappa shape index (κ3) is 6.56. The molecule has 1 aromatic carbocycles. The molecule has 0 saturated carbocycles. The minimum atomic E-state index is -0.250. The number of hydrogen-bond donors (Lipinski definition) is 2. The maximum Gasteiger partial charge on any atom is 0.290 e. The van der Waals surface area contributed by atoms with Gasteiger partial charge >= 0.3 is 0 Å². The van der Waals surface area contributed by atoms with Crippen LogP contribution < -0.4 is 5.32 Å². The van der Waals surface area contributed by atoms with Crippen LogP contribution in [-0.2, 0) is 11.3 Å². The monoisotopic (exact) mass is 370 g/mol. The van der Waals surface area contributed by atoms with Crippen molar-refractivity contribution in [2.75, 3.05) is 19.6 Å². The Hall–Kier alpha value is -3.18. The fourth-order valence-corrected chi connectivity index (χ4v) is 3.12. The molecule has 1 unspecified atom stereocenters. The average molecular weight is 370 g/mol. The van der Waals surface area contributed by atoms with Gasteiger partial charge in [-0.2, -0.15) is 5.26 Å². The molecule has 8 nitrogen and oxygen atoms in total. The van der Waals surface area contributed by atoms with E-state index in [0.29, 0.717) is 23.7 Å². The molecule has 0 bridgehead atoms. The SMILES string of the molecule is N#Cc1cccc(CN2CCCC(CNC(=O)c3ccon3)C2)c1.O=CO. The van der Waals surface area contributed by atoms with Crippen LogP contribution in [0.3, 0.4) is 0 Å². The minimum absolute atomic E-state index is 0.192. The molecule has 8 heteroatoms. The summed E-state index contributed by atoms with van der Waals surface area (Å²) >= 11 is 0. The number of nitrogens with one attached hydrogen (secondary N) is 1. The highest BCUT2D eigenvalue weighted by atomic mass is 16.5. The van der Waals surface area contributed by atoms with E-state index in [4.69, 9.17) is 15.2 Å². The summed E-state index contributed by atoms with van der Waals surface area (Å²) in [6.45, 7) is 3.21. The second-order valence-corrected chi connectivity index (χ2v) is 6.26. The highest BCUT2D eigenvalue weighted by Crippen LogP contribution is 2.18. The van der Waals surface area contributed by atoms with Crippen LogP contribution in [0.25, 0.3) is 0 Å². The molecule has 1 aliphatic heterocycles. The lowest BCUT2D eigenvalue weighted by molar-refractivity contribution is -0.122. The van der Waals surface area contributed by atoms with Crippen molar-refractivity contribution in [3.05, 3.63) is 53.4 Å². The number of piperidine rings is 1. The molecule has 2 N–H and O–H groups in total. The fraction of sp³-hybridized carbons (Fsp3) is 0.368. The summed E-state index contributed by atoms with van der Waals surface area (Å²) in [6, 6.07) is 11.5. The van der Waals surface area contributed by atoms with Crippen molar-refractivity contribution < 1.29 is 19.2 Å². The molecule has 27 heavy (non-hydrogen) atoms. The molecule has 142 valence electrons. The van der Waals surface area contributed by atoms with Gasteiger partial charge < -0.3 is 14.9 Å². The first-order chi connectivity index (χ1) is 13.2. The second kappa shape index (κ2) is 10.7. The van der Waals surface area contributed by atoms with Gasteiger partial charge in [0.25, 0.3) is 12.4 Å². The second-order valence-electron chi connectivity index (χ2n) is 6.26. The third-order valence-corrected chi connectivity index (χ3v) is 4.29. The lowest BCUT2D eigenvalue weighted by Gasteiger charge is -2.32. The van der Waals surface area contributed by atoms with E-state index in [1.54, 1.807) is 6.07 Å². The predicted octanol–water partition coefficient (Wildman–Crippen LogP) is 1.89. The molecular formula is C19H22N4O4. The first-order valence-corrected chi connectivity index (χ1v) is 8.64. The predicted molar refractivity (Wildman–Crippen MR) is 96.7 cm³/mol. The van der Waals surface area contributed by atoms with E-state index in [0.717, 1.165) is 38.0 Å². The molecule has 1 aliphatic rings. The van der Waals surface area contributed by atoms with Crippen molar-refractivity contribution in [2.45, 2.75) is 19.4 Å². The van der Waals surface area contributed by atoms with Gasteiger partial charge in [-0.1, -0.05) is 17.3 Å². The van der Waals surface area contributed by atoms with Gasteiger partial charge in [-0.15, -0.1) is 0 Å². The number of rotatable bonds is 5. The van der Waals surface area contributed by atoms with E-state index in [-0.39, 0.29) is 12.4 Å². The number of carboxylic acid groups (broad SMARTS) is 1. The van der Waals surface area contributed by atoms with E-state index < -0.39 is 0 Å². The van der Waals surface area contributed by atoms with Gasteiger partial charge in [-0.05, 0) is 43.0 Å².